The van der Waals surface area contributed by atoms with Crippen LogP contribution in [0.2, 0.25) is 5.02 Å². The quantitative estimate of drug-likeness (QED) is 0.495. The minimum atomic E-state index is -4.24. The molecule has 1 saturated heterocycles. The molecule has 168 valence electrons. The van der Waals surface area contributed by atoms with Gasteiger partial charge in [-0.05, 0) is 55.6 Å². The predicted molar refractivity (Wildman–Crippen MR) is 120 cm³/mol. The summed E-state index contributed by atoms with van der Waals surface area (Å²) in [5.41, 5.74) is 1.57. The van der Waals surface area contributed by atoms with Crippen molar-refractivity contribution in [3.8, 4) is 6.07 Å². The fourth-order valence-corrected chi connectivity index (χ4v) is 5.17. The lowest BCUT2D eigenvalue weighted by Crippen LogP contribution is -2.35. The summed E-state index contributed by atoms with van der Waals surface area (Å²) in [5, 5.41) is 13.5. The van der Waals surface area contributed by atoms with Gasteiger partial charge in [-0.15, -0.1) is 11.3 Å². The van der Waals surface area contributed by atoms with Gasteiger partial charge in [0.25, 0.3) is 0 Å². The van der Waals surface area contributed by atoms with Gasteiger partial charge in [-0.25, -0.2) is 9.97 Å². The second-order valence-corrected chi connectivity index (χ2v) is 9.49. The Bertz CT molecular complexity index is 1130. The van der Waals surface area contributed by atoms with Crippen LogP contribution in [0.4, 0.5) is 19.0 Å². The van der Waals surface area contributed by atoms with Gasteiger partial charge in [0.15, 0.2) is 0 Å². The molecule has 1 aliphatic heterocycles. The Morgan fingerprint density at radius 2 is 2.00 bits per heavy atom. The fourth-order valence-electron chi connectivity index (χ4n) is 3.91. The number of nitriles is 1. The number of piperidine rings is 1. The van der Waals surface area contributed by atoms with Gasteiger partial charge >= 0.3 is 6.18 Å². The van der Waals surface area contributed by atoms with Crippen LogP contribution in [0.1, 0.15) is 28.8 Å². The number of hydrogen-bond donors (Lipinski definition) is 1. The first kappa shape index (κ1) is 22.8. The Balaban J connectivity index is 1.31. The van der Waals surface area contributed by atoms with Gasteiger partial charge in [-0.2, -0.15) is 18.4 Å². The van der Waals surface area contributed by atoms with E-state index in [1.54, 1.807) is 18.2 Å². The van der Waals surface area contributed by atoms with Gasteiger partial charge in [-0.3, -0.25) is 4.90 Å². The molecule has 4 rings (SSSR count). The lowest BCUT2D eigenvalue weighted by molar-refractivity contribution is -0.126. The minimum absolute atomic E-state index is 0.242. The first-order valence-corrected chi connectivity index (χ1v) is 11.4. The number of likely N-dealkylation sites (tertiary alicyclic amines) is 1. The number of thiophene rings is 1. The molecule has 32 heavy (non-hydrogen) atoms. The van der Waals surface area contributed by atoms with E-state index in [0.29, 0.717) is 39.1 Å². The summed E-state index contributed by atoms with van der Waals surface area (Å²) in [4.78, 5) is 11.5. The Hall–Kier alpha value is -2.41. The summed E-state index contributed by atoms with van der Waals surface area (Å²) in [6.07, 6.45) is -1.80. The minimum Gasteiger partial charge on any atom is -0.369 e. The van der Waals surface area contributed by atoms with Crippen LogP contribution >= 0.6 is 22.9 Å². The van der Waals surface area contributed by atoms with E-state index >= 15 is 0 Å². The third-order valence-corrected chi connectivity index (χ3v) is 6.99. The van der Waals surface area contributed by atoms with E-state index in [1.807, 2.05) is 6.07 Å². The zero-order chi connectivity index (χ0) is 22.7. The van der Waals surface area contributed by atoms with E-state index < -0.39 is 12.6 Å². The molecule has 1 aliphatic rings. The number of halogens is 4. The van der Waals surface area contributed by atoms with Crippen LogP contribution in [0.25, 0.3) is 10.2 Å². The highest BCUT2D eigenvalue weighted by molar-refractivity contribution is 7.18. The van der Waals surface area contributed by atoms with Crippen molar-refractivity contribution in [3.05, 3.63) is 51.6 Å². The van der Waals surface area contributed by atoms with Crippen molar-refractivity contribution in [1.82, 2.24) is 14.9 Å². The zero-order valence-corrected chi connectivity index (χ0v) is 18.7. The number of nitrogens with one attached hydrogen (secondary N) is 1. The van der Waals surface area contributed by atoms with Gasteiger partial charge in [0, 0.05) is 23.0 Å². The van der Waals surface area contributed by atoms with Gasteiger partial charge < -0.3 is 5.32 Å². The van der Waals surface area contributed by atoms with E-state index in [4.69, 9.17) is 16.9 Å². The molecule has 10 heteroatoms. The van der Waals surface area contributed by atoms with Gasteiger partial charge in [0.05, 0.1) is 23.4 Å². The molecule has 0 bridgehead atoms. The van der Waals surface area contributed by atoms with Crippen LogP contribution < -0.4 is 5.32 Å². The number of aromatic nitrogens is 2. The summed E-state index contributed by atoms with van der Waals surface area (Å²) in [5.74, 6) is 1.03. The van der Waals surface area contributed by atoms with Crippen molar-refractivity contribution >= 4 is 39.0 Å². The van der Waals surface area contributed by atoms with E-state index in [1.165, 1.54) is 6.33 Å². The van der Waals surface area contributed by atoms with E-state index in [-0.39, 0.29) is 4.88 Å². The number of alkyl halides is 3. The Labute approximate surface area is 192 Å². The molecule has 0 radical (unpaired) electrons. The molecule has 5 nitrogen and oxygen atoms in total. The van der Waals surface area contributed by atoms with Gasteiger partial charge in [0.2, 0.25) is 0 Å². The fraction of sp³-hybridized carbons (Fsp3) is 0.409. The molecule has 3 heterocycles. The Morgan fingerprint density at radius 3 is 2.69 bits per heavy atom. The molecule has 2 aromatic heterocycles. The van der Waals surface area contributed by atoms with Gasteiger partial charge in [-0.1, -0.05) is 17.7 Å². The second-order valence-electron chi connectivity index (χ2n) is 7.96. The molecule has 0 spiro atoms. The molecule has 0 unspecified atom stereocenters. The number of rotatable bonds is 6. The molecule has 0 aliphatic carbocycles. The standard InChI is InChI=1S/C22H21ClF3N5S/c23-19-7-15(10-27)1-2-16(19)12-31-5-3-14(4-6-31)11-28-20-18-8-17(9-22(24,25)26)32-21(18)30-13-29-20/h1-2,7-8,13-14H,3-6,9,11-12H2,(H,28,29,30). The third kappa shape index (κ3) is 5.68. The smallest absolute Gasteiger partial charge is 0.369 e. The summed E-state index contributed by atoms with van der Waals surface area (Å²) in [6.45, 7) is 3.31. The largest absolute Gasteiger partial charge is 0.393 e. The van der Waals surface area contributed by atoms with Crippen molar-refractivity contribution < 1.29 is 13.2 Å². The average molecular weight is 480 g/mol. The summed E-state index contributed by atoms with van der Waals surface area (Å²) in [6, 6.07) is 9.02. The third-order valence-electron chi connectivity index (χ3n) is 5.60. The average Bonchev–Trinajstić information content (AvgIpc) is 3.15. The van der Waals surface area contributed by atoms with Crippen LogP contribution in [-0.2, 0) is 13.0 Å². The SMILES string of the molecule is N#Cc1ccc(CN2CCC(CNc3ncnc4sc(CC(F)(F)F)cc34)CC2)c(Cl)c1. The van der Waals surface area contributed by atoms with Crippen molar-refractivity contribution in [2.24, 2.45) is 5.92 Å². The van der Waals surface area contributed by atoms with Crippen LogP contribution in [0.5, 0.6) is 0 Å². The number of nitrogens with zero attached hydrogens (tertiary/aromatic N) is 4. The first-order valence-electron chi connectivity index (χ1n) is 10.3. The van der Waals surface area contributed by atoms with Crippen molar-refractivity contribution in [2.75, 3.05) is 25.0 Å². The zero-order valence-electron chi connectivity index (χ0n) is 17.1. The number of hydrogen-bond acceptors (Lipinski definition) is 6. The highest BCUT2D eigenvalue weighted by atomic mass is 35.5. The molecule has 0 atom stereocenters. The maximum Gasteiger partial charge on any atom is 0.393 e. The lowest BCUT2D eigenvalue weighted by Gasteiger charge is -2.32. The normalized spacial score (nSPS) is 15.7. The lowest BCUT2D eigenvalue weighted by atomic mass is 9.96. The Kier molecular flexibility index (Phi) is 6.84. The maximum absolute atomic E-state index is 12.7. The van der Waals surface area contributed by atoms with Crippen LogP contribution in [-0.4, -0.2) is 40.7 Å². The number of benzene rings is 1. The molecule has 1 aromatic carbocycles. The number of anilines is 1. The summed E-state index contributed by atoms with van der Waals surface area (Å²) >= 11 is 7.36. The van der Waals surface area contributed by atoms with Crippen LogP contribution in [0.3, 0.4) is 0 Å². The van der Waals surface area contributed by atoms with E-state index in [2.05, 4.69) is 26.3 Å². The van der Waals surface area contributed by atoms with Crippen molar-refractivity contribution in [1.29, 1.82) is 5.26 Å². The predicted octanol–water partition coefficient (Wildman–Crippen LogP) is 5.65. The topological polar surface area (TPSA) is 64.8 Å². The highest BCUT2D eigenvalue weighted by Crippen LogP contribution is 2.33. The van der Waals surface area contributed by atoms with Crippen LogP contribution in [0, 0.1) is 17.2 Å². The maximum atomic E-state index is 12.7. The van der Waals surface area contributed by atoms with E-state index in [9.17, 15) is 13.2 Å². The van der Waals surface area contributed by atoms with Crippen molar-refractivity contribution in [2.45, 2.75) is 32.0 Å². The first-order chi connectivity index (χ1) is 15.3. The highest BCUT2D eigenvalue weighted by Gasteiger charge is 2.29. The molecule has 0 saturated carbocycles. The Morgan fingerprint density at radius 1 is 1.22 bits per heavy atom. The monoisotopic (exact) mass is 479 g/mol. The van der Waals surface area contributed by atoms with Crippen LogP contribution in [0.15, 0.2) is 30.6 Å². The van der Waals surface area contributed by atoms with Crippen molar-refractivity contribution in [3.63, 3.8) is 0 Å². The molecule has 1 N–H and O–H groups in total. The number of fused-ring (bicyclic) bond motifs is 1. The molecular formula is C22H21ClF3N5S. The van der Waals surface area contributed by atoms with Gasteiger partial charge in [0.1, 0.15) is 17.0 Å². The van der Waals surface area contributed by atoms with E-state index in [0.717, 1.165) is 49.4 Å². The summed E-state index contributed by atoms with van der Waals surface area (Å²) < 4.78 is 38.2. The molecule has 0 amide bonds. The molecule has 1 fully saturated rings. The molecule has 3 aromatic rings. The summed E-state index contributed by atoms with van der Waals surface area (Å²) in [7, 11) is 0. The second kappa shape index (κ2) is 9.61. The molecular weight excluding hydrogens is 459 g/mol.